The quantitative estimate of drug-likeness (QED) is 0.844. The van der Waals surface area contributed by atoms with Crippen LogP contribution in [0.3, 0.4) is 0 Å². The average molecular weight is 274 g/mol. The standard InChI is InChI=1S/C16H22N2O2/c1-4-17(5-2)16(20)13-10-15(19)18(11-13)14-8-6-7-12(3)9-14/h6-9,13H,4-5,10-11H2,1-3H3/t13-/m1/s1. The Morgan fingerprint density at radius 1 is 1.35 bits per heavy atom. The van der Waals surface area contributed by atoms with Crippen molar-refractivity contribution in [3.8, 4) is 0 Å². The van der Waals surface area contributed by atoms with E-state index in [-0.39, 0.29) is 17.7 Å². The first-order valence-corrected chi connectivity index (χ1v) is 7.22. The van der Waals surface area contributed by atoms with Gasteiger partial charge in [0.15, 0.2) is 0 Å². The minimum absolute atomic E-state index is 0.0427. The van der Waals surface area contributed by atoms with Crippen LogP contribution in [0.25, 0.3) is 0 Å². The van der Waals surface area contributed by atoms with Gasteiger partial charge in [0.2, 0.25) is 11.8 Å². The molecule has 20 heavy (non-hydrogen) atoms. The number of hydrogen-bond acceptors (Lipinski definition) is 2. The highest BCUT2D eigenvalue weighted by Gasteiger charge is 2.36. The topological polar surface area (TPSA) is 40.6 Å². The monoisotopic (exact) mass is 274 g/mol. The molecule has 1 fully saturated rings. The molecular weight excluding hydrogens is 252 g/mol. The van der Waals surface area contributed by atoms with Crippen molar-refractivity contribution >= 4 is 17.5 Å². The molecule has 1 heterocycles. The van der Waals surface area contributed by atoms with Gasteiger partial charge < -0.3 is 9.80 Å². The lowest BCUT2D eigenvalue weighted by atomic mass is 10.1. The fraction of sp³-hybridized carbons (Fsp3) is 0.500. The van der Waals surface area contributed by atoms with Gasteiger partial charge in [-0.15, -0.1) is 0 Å². The molecule has 2 rings (SSSR count). The van der Waals surface area contributed by atoms with Crippen LogP contribution < -0.4 is 4.90 Å². The smallest absolute Gasteiger partial charge is 0.227 e. The van der Waals surface area contributed by atoms with E-state index in [9.17, 15) is 9.59 Å². The number of nitrogens with zero attached hydrogens (tertiary/aromatic N) is 2. The van der Waals surface area contributed by atoms with Crippen molar-refractivity contribution in [2.45, 2.75) is 27.2 Å². The first-order chi connectivity index (χ1) is 9.56. The summed E-state index contributed by atoms with van der Waals surface area (Å²) in [6.45, 7) is 7.84. The lowest BCUT2D eigenvalue weighted by Gasteiger charge is -2.22. The number of carbonyl (C=O) groups excluding carboxylic acids is 2. The van der Waals surface area contributed by atoms with E-state index in [4.69, 9.17) is 0 Å². The molecule has 0 N–H and O–H groups in total. The molecule has 0 aromatic heterocycles. The van der Waals surface area contributed by atoms with E-state index in [1.807, 2.05) is 45.0 Å². The predicted molar refractivity (Wildman–Crippen MR) is 79.6 cm³/mol. The van der Waals surface area contributed by atoms with Gasteiger partial charge in [-0.3, -0.25) is 9.59 Å². The molecule has 2 amide bonds. The largest absolute Gasteiger partial charge is 0.343 e. The van der Waals surface area contributed by atoms with Crippen LogP contribution in [0.5, 0.6) is 0 Å². The molecule has 1 saturated heterocycles. The second kappa shape index (κ2) is 6.07. The minimum atomic E-state index is -0.206. The maximum atomic E-state index is 12.3. The number of hydrogen-bond donors (Lipinski definition) is 0. The Kier molecular flexibility index (Phi) is 4.42. The van der Waals surface area contributed by atoms with Crippen molar-refractivity contribution in [1.29, 1.82) is 0 Å². The van der Waals surface area contributed by atoms with Crippen LogP contribution in [0.1, 0.15) is 25.8 Å². The zero-order chi connectivity index (χ0) is 14.7. The van der Waals surface area contributed by atoms with Gasteiger partial charge in [-0.25, -0.2) is 0 Å². The molecular formula is C16H22N2O2. The molecule has 1 aliphatic heterocycles. The zero-order valence-corrected chi connectivity index (χ0v) is 12.4. The van der Waals surface area contributed by atoms with Crippen molar-refractivity contribution in [2.75, 3.05) is 24.5 Å². The molecule has 1 atom stereocenters. The van der Waals surface area contributed by atoms with Gasteiger partial charge >= 0.3 is 0 Å². The molecule has 1 aromatic carbocycles. The SMILES string of the molecule is CCN(CC)C(=O)[C@@H]1CC(=O)N(c2cccc(C)c2)C1. The van der Waals surface area contributed by atoms with E-state index >= 15 is 0 Å². The van der Waals surface area contributed by atoms with Gasteiger partial charge in [0.05, 0.1) is 5.92 Å². The molecule has 4 heteroatoms. The Bertz CT molecular complexity index is 509. The van der Waals surface area contributed by atoms with E-state index in [0.29, 0.717) is 26.1 Å². The summed E-state index contributed by atoms with van der Waals surface area (Å²) in [5.41, 5.74) is 2.01. The van der Waals surface area contributed by atoms with Crippen LogP contribution >= 0.6 is 0 Å². The molecule has 0 aliphatic carbocycles. The molecule has 108 valence electrons. The number of amides is 2. The Hall–Kier alpha value is -1.84. The Morgan fingerprint density at radius 3 is 2.65 bits per heavy atom. The molecule has 0 unspecified atom stereocenters. The number of anilines is 1. The summed E-state index contributed by atoms with van der Waals surface area (Å²) in [7, 11) is 0. The third kappa shape index (κ3) is 2.84. The molecule has 4 nitrogen and oxygen atoms in total. The minimum Gasteiger partial charge on any atom is -0.343 e. The third-order valence-corrected chi connectivity index (χ3v) is 3.86. The van der Waals surface area contributed by atoms with E-state index in [1.165, 1.54) is 0 Å². The van der Waals surface area contributed by atoms with Gasteiger partial charge in [-0.1, -0.05) is 12.1 Å². The van der Waals surface area contributed by atoms with Gasteiger partial charge in [0, 0.05) is 31.7 Å². The van der Waals surface area contributed by atoms with Gasteiger partial charge in [-0.05, 0) is 38.5 Å². The zero-order valence-electron chi connectivity index (χ0n) is 12.4. The summed E-state index contributed by atoms with van der Waals surface area (Å²) in [4.78, 5) is 28.0. The van der Waals surface area contributed by atoms with E-state index in [2.05, 4.69) is 0 Å². The fourth-order valence-corrected chi connectivity index (χ4v) is 2.71. The molecule has 0 spiro atoms. The summed E-state index contributed by atoms with van der Waals surface area (Å²) in [6, 6.07) is 7.86. The molecule has 1 aromatic rings. The predicted octanol–water partition coefficient (Wildman–Crippen LogP) is 2.22. The summed E-state index contributed by atoms with van der Waals surface area (Å²) < 4.78 is 0. The Balaban J connectivity index is 2.13. The van der Waals surface area contributed by atoms with Crippen LogP contribution in [-0.4, -0.2) is 36.3 Å². The van der Waals surface area contributed by atoms with Crippen molar-refractivity contribution in [3.05, 3.63) is 29.8 Å². The highest BCUT2D eigenvalue weighted by atomic mass is 16.2. The number of aryl methyl sites for hydroxylation is 1. The maximum Gasteiger partial charge on any atom is 0.227 e. The van der Waals surface area contributed by atoms with Crippen molar-refractivity contribution in [1.82, 2.24) is 4.90 Å². The number of benzene rings is 1. The van der Waals surface area contributed by atoms with E-state index in [1.54, 1.807) is 9.80 Å². The maximum absolute atomic E-state index is 12.3. The summed E-state index contributed by atoms with van der Waals surface area (Å²) in [5, 5.41) is 0. The molecule has 0 radical (unpaired) electrons. The van der Waals surface area contributed by atoms with Crippen molar-refractivity contribution < 1.29 is 9.59 Å². The molecule has 0 bridgehead atoms. The van der Waals surface area contributed by atoms with Gasteiger partial charge in [0.25, 0.3) is 0 Å². The average Bonchev–Trinajstić information content (AvgIpc) is 2.82. The first kappa shape index (κ1) is 14.6. The van der Waals surface area contributed by atoms with Crippen LogP contribution in [0.2, 0.25) is 0 Å². The summed E-state index contributed by atoms with van der Waals surface area (Å²) in [5.74, 6) is -0.0671. The number of carbonyl (C=O) groups is 2. The van der Waals surface area contributed by atoms with Crippen molar-refractivity contribution in [3.63, 3.8) is 0 Å². The van der Waals surface area contributed by atoms with E-state index in [0.717, 1.165) is 11.3 Å². The highest BCUT2D eigenvalue weighted by Crippen LogP contribution is 2.26. The lowest BCUT2D eigenvalue weighted by molar-refractivity contribution is -0.135. The number of rotatable bonds is 4. The summed E-state index contributed by atoms with van der Waals surface area (Å²) >= 11 is 0. The van der Waals surface area contributed by atoms with E-state index < -0.39 is 0 Å². The molecule has 0 saturated carbocycles. The highest BCUT2D eigenvalue weighted by molar-refractivity contribution is 6.00. The second-order valence-corrected chi connectivity index (χ2v) is 5.25. The Labute approximate surface area is 120 Å². The molecule has 1 aliphatic rings. The van der Waals surface area contributed by atoms with Crippen molar-refractivity contribution in [2.24, 2.45) is 5.92 Å². The van der Waals surface area contributed by atoms with Crippen LogP contribution in [-0.2, 0) is 9.59 Å². The van der Waals surface area contributed by atoms with Crippen LogP contribution in [0.15, 0.2) is 24.3 Å². The van der Waals surface area contributed by atoms with Crippen LogP contribution in [0, 0.1) is 12.8 Å². The lowest BCUT2D eigenvalue weighted by Crippen LogP contribution is -2.37. The fourth-order valence-electron chi connectivity index (χ4n) is 2.71. The van der Waals surface area contributed by atoms with Gasteiger partial charge in [0.1, 0.15) is 0 Å². The second-order valence-electron chi connectivity index (χ2n) is 5.25. The van der Waals surface area contributed by atoms with Gasteiger partial charge in [-0.2, -0.15) is 0 Å². The normalized spacial score (nSPS) is 18.4. The van der Waals surface area contributed by atoms with Crippen LogP contribution in [0.4, 0.5) is 5.69 Å². The first-order valence-electron chi connectivity index (χ1n) is 7.22. The Morgan fingerprint density at radius 2 is 2.05 bits per heavy atom. The summed E-state index contributed by atoms with van der Waals surface area (Å²) in [6.07, 6.45) is 0.323. The third-order valence-electron chi connectivity index (χ3n) is 3.86.